The number of aryl methyl sites for hydroxylation is 1. The molecule has 1 aromatic heterocycles. The highest BCUT2D eigenvalue weighted by atomic mass is 35.5. The molecule has 1 aromatic carbocycles. The fraction of sp³-hybridized carbons (Fsp3) is 0.480. The van der Waals surface area contributed by atoms with Crippen molar-refractivity contribution in [1.82, 2.24) is 15.2 Å². The predicted molar refractivity (Wildman–Crippen MR) is 134 cm³/mol. The number of carbonyl (C=O) groups is 1. The molecule has 3 unspecified atom stereocenters. The van der Waals surface area contributed by atoms with Crippen molar-refractivity contribution in [1.29, 1.82) is 5.26 Å². The van der Waals surface area contributed by atoms with Crippen LogP contribution in [0.25, 0.3) is 10.9 Å². The van der Waals surface area contributed by atoms with Crippen molar-refractivity contribution in [3.05, 3.63) is 45.1 Å². The van der Waals surface area contributed by atoms with Crippen LogP contribution in [0.3, 0.4) is 0 Å². The Balaban J connectivity index is 1.33. The van der Waals surface area contributed by atoms with Crippen LogP contribution in [-0.4, -0.2) is 53.5 Å². The van der Waals surface area contributed by atoms with E-state index in [0.717, 1.165) is 28.4 Å². The van der Waals surface area contributed by atoms with E-state index in [1.54, 1.807) is 11.0 Å². The van der Waals surface area contributed by atoms with E-state index in [2.05, 4.69) is 21.3 Å². The SMILES string of the molecule is Cc1nc2ccc(Cl)cc2c(N2CCC(C(=O)N3CCC4=C(C3)NC(C(F)(F)F)S4)C(C)C2)c1C#N. The number of aromatic nitrogens is 1. The second-order valence-electron chi connectivity index (χ2n) is 9.61. The highest BCUT2D eigenvalue weighted by molar-refractivity contribution is 8.04. The molecule has 1 fully saturated rings. The number of thioether (sulfide) groups is 1. The Morgan fingerprint density at radius 2 is 2.11 bits per heavy atom. The molecule has 1 amide bonds. The third-order valence-electron chi connectivity index (χ3n) is 7.22. The number of nitrogens with one attached hydrogen (secondary N) is 1. The van der Waals surface area contributed by atoms with E-state index in [1.165, 1.54) is 0 Å². The quantitative estimate of drug-likeness (QED) is 0.570. The van der Waals surface area contributed by atoms with Crippen LogP contribution < -0.4 is 10.2 Å². The number of alkyl halides is 3. The minimum Gasteiger partial charge on any atom is -0.370 e. The topological polar surface area (TPSA) is 72.3 Å². The van der Waals surface area contributed by atoms with Crippen LogP contribution in [0.2, 0.25) is 5.02 Å². The number of hydrogen-bond donors (Lipinski definition) is 1. The maximum absolute atomic E-state index is 13.5. The third-order valence-corrected chi connectivity index (χ3v) is 8.81. The Labute approximate surface area is 216 Å². The van der Waals surface area contributed by atoms with Crippen LogP contribution in [0.15, 0.2) is 28.8 Å². The maximum Gasteiger partial charge on any atom is 0.418 e. The van der Waals surface area contributed by atoms with Crippen LogP contribution in [0.4, 0.5) is 18.9 Å². The molecule has 4 heterocycles. The second-order valence-corrected chi connectivity index (χ2v) is 11.2. The lowest BCUT2D eigenvalue weighted by Crippen LogP contribution is -2.49. The van der Waals surface area contributed by atoms with Gasteiger partial charge in [-0.25, -0.2) is 0 Å². The highest BCUT2D eigenvalue weighted by Gasteiger charge is 2.46. The lowest BCUT2D eigenvalue weighted by atomic mass is 9.84. The van der Waals surface area contributed by atoms with Gasteiger partial charge in [0.2, 0.25) is 5.91 Å². The van der Waals surface area contributed by atoms with Crippen molar-refractivity contribution in [3.8, 4) is 6.07 Å². The molecule has 3 atom stereocenters. The lowest BCUT2D eigenvalue weighted by Gasteiger charge is -2.41. The zero-order chi connectivity index (χ0) is 25.8. The molecule has 0 spiro atoms. The fourth-order valence-corrected chi connectivity index (χ4v) is 6.69. The molecule has 36 heavy (non-hydrogen) atoms. The molecule has 0 saturated carbocycles. The van der Waals surface area contributed by atoms with Crippen LogP contribution in [-0.2, 0) is 4.79 Å². The Kier molecular flexibility index (Phi) is 6.50. The van der Waals surface area contributed by atoms with Gasteiger partial charge in [-0.1, -0.05) is 30.3 Å². The first kappa shape index (κ1) is 25.0. The second kappa shape index (κ2) is 9.34. The van der Waals surface area contributed by atoms with E-state index in [1.807, 2.05) is 26.0 Å². The highest BCUT2D eigenvalue weighted by Crippen LogP contribution is 2.43. The average Bonchev–Trinajstić information content (AvgIpc) is 3.27. The number of carbonyl (C=O) groups excluding carboxylic acids is 1. The Bertz CT molecular complexity index is 1310. The maximum atomic E-state index is 13.5. The number of pyridine rings is 1. The van der Waals surface area contributed by atoms with Gasteiger partial charge < -0.3 is 15.1 Å². The minimum atomic E-state index is -4.33. The zero-order valence-corrected chi connectivity index (χ0v) is 21.4. The van der Waals surface area contributed by atoms with Crippen molar-refractivity contribution in [2.75, 3.05) is 31.1 Å². The number of rotatable bonds is 2. The van der Waals surface area contributed by atoms with Gasteiger partial charge in [0.1, 0.15) is 6.07 Å². The molecular formula is C25H25ClF3N5OS. The zero-order valence-electron chi connectivity index (χ0n) is 19.8. The van der Waals surface area contributed by atoms with Crippen molar-refractivity contribution >= 4 is 45.9 Å². The van der Waals surface area contributed by atoms with E-state index in [0.29, 0.717) is 59.4 Å². The largest absolute Gasteiger partial charge is 0.418 e. The summed E-state index contributed by atoms with van der Waals surface area (Å²) in [5.41, 5.74) is 3.21. The first-order valence-corrected chi connectivity index (χ1v) is 13.1. The van der Waals surface area contributed by atoms with Crippen LogP contribution in [0, 0.1) is 30.1 Å². The Morgan fingerprint density at radius 3 is 2.81 bits per heavy atom. The molecule has 6 nitrogen and oxygen atoms in total. The number of piperidine rings is 1. The molecule has 3 aliphatic rings. The summed E-state index contributed by atoms with van der Waals surface area (Å²) in [6.45, 7) is 5.59. The summed E-state index contributed by atoms with van der Waals surface area (Å²) in [5.74, 6) is -0.265. The van der Waals surface area contributed by atoms with Crippen molar-refractivity contribution in [2.24, 2.45) is 11.8 Å². The van der Waals surface area contributed by atoms with Gasteiger partial charge in [0.05, 0.1) is 29.0 Å². The molecule has 1 saturated heterocycles. The molecule has 0 bridgehead atoms. The predicted octanol–water partition coefficient (Wildman–Crippen LogP) is 5.20. The summed E-state index contributed by atoms with van der Waals surface area (Å²) in [7, 11) is 0. The summed E-state index contributed by atoms with van der Waals surface area (Å²) in [6, 6.07) is 7.72. The number of amides is 1. The van der Waals surface area contributed by atoms with Gasteiger partial charge in [0.25, 0.3) is 0 Å². The van der Waals surface area contributed by atoms with Gasteiger partial charge in [-0.2, -0.15) is 18.4 Å². The van der Waals surface area contributed by atoms with Gasteiger partial charge >= 0.3 is 6.18 Å². The van der Waals surface area contributed by atoms with Crippen LogP contribution in [0.1, 0.15) is 31.0 Å². The van der Waals surface area contributed by atoms with Gasteiger partial charge in [-0.15, -0.1) is 0 Å². The normalized spacial score (nSPS) is 24.5. The van der Waals surface area contributed by atoms with Crippen molar-refractivity contribution in [3.63, 3.8) is 0 Å². The molecule has 0 aliphatic carbocycles. The summed E-state index contributed by atoms with van der Waals surface area (Å²) < 4.78 is 39.4. The first-order chi connectivity index (χ1) is 17.1. The molecule has 190 valence electrons. The number of benzene rings is 1. The molecule has 11 heteroatoms. The molecular weight excluding hydrogens is 511 g/mol. The number of fused-ring (bicyclic) bond motifs is 1. The van der Waals surface area contributed by atoms with Gasteiger partial charge in [-0.3, -0.25) is 9.78 Å². The van der Waals surface area contributed by atoms with E-state index < -0.39 is 11.6 Å². The van der Waals surface area contributed by atoms with E-state index >= 15 is 0 Å². The summed E-state index contributed by atoms with van der Waals surface area (Å²) in [6.07, 6.45) is -3.31. The van der Waals surface area contributed by atoms with Gasteiger partial charge in [0.15, 0.2) is 5.37 Å². The summed E-state index contributed by atoms with van der Waals surface area (Å²) in [5, 5.41) is 12.2. The number of halogens is 4. The van der Waals surface area contributed by atoms with E-state index in [4.69, 9.17) is 11.6 Å². The van der Waals surface area contributed by atoms with Crippen molar-refractivity contribution in [2.45, 2.75) is 38.2 Å². The smallest absolute Gasteiger partial charge is 0.370 e. The lowest BCUT2D eigenvalue weighted by molar-refractivity contribution is -0.137. The number of hydrogen-bond acceptors (Lipinski definition) is 6. The summed E-state index contributed by atoms with van der Waals surface area (Å²) >= 11 is 7.08. The molecule has 0 radical (unpaired) electrons. The average molecular weight is 536 g/mol. The van der Waals surface area contributed by atoms with Crippen LogP contribution in [0.5, 0.6) is 0 Å². The number of nitrogens with zero attached hydrogens (tertiary/aromatic N) is 4. The standard InChI is InChI=1S/C25H25ClF3N5OS/c1-13-11-33(22-17-9-15(26)3-4-19(17)31-14(2)18(22)10-30)7-5-16(13)23(35)34-8-6-21-20(12-34)32-24(36-21)25(27,28)29/h3-4,9,13,16,24,32H,5-8,11-12H2,1-2H3. The van der Waals surface area contributed by atoms with Crippen LogP contribution >= 0.6 is 23.4 Å². The fourth-order valence-electron chi connectivity index (χ4n) is 5.42. The van der Waals surface area contributed by atoms with Crippen molar-refractivity contribution < 1.29 is 18.0 Å². The third kappa shape index (κ3) is 4.48. The monoisotopic (exact) mass is 535 g/mol. The number of nitriles is 1. The van der Waals surface area contributed by atoms with E-state index in [9.17, 15) is 23.2 Å². The molecule has 3 aliphatic heterocycles. The van der Waals surface area contributed by atoms with E-state index in [-0.39, 0.29) is 24.3 Å². The molecule has 1 N–H and O–H groups in total. The Morgan fingerprint density at radius 1 is 1.33 bits per heavy atom. The Hall–Kier alpha value is -2.64. The first-order valence-electron chi connectivity index (χ1n) is 11.8. The molecule has 5 rings (SSSR count). The number of anilines is 1. The van der Waals surface area contributed by atoms with Gasteiger partial charge in [-0.05, 0) is 43.9 Å². The minimum absolute atomic E-state index is 0.00953. The molecule has 2 aromatic rings. The van der Waals surface area contributed by atoms with Gasteiger partial charge in [0, 0.05) is 46.6 Å². The summed E-state index contributed by atoms with van der Waals surface area (Å²) in [4.78, 5) is 22.5.